The molecule has 0 saturated carbocycles. The second-order valence-electron chi connectivity index (χ2n) is 8.02. The molecule has 0 heterocycles. The van der Waals surface area contributed by atoms with E-state index in [1.807, 2.05) is 6.92 Å². The maximum atomic E-state index is 15.1. The SMILES string of the molecule is Cc1ccc(S(=O)(=O)NC(c2cccc([N+](=O)[O-])c2)P(=O)(c2ccccc2)c2ccccc2)cc1. The first-order valence-corrected chi connectivity index (χ1v) is 14.0. The van der Waals surface area contributed by atoms with E-state index in [-0.39, 0.29) is 16.1 Å². The zero-order valence-corrected chi connectivity index (χ0v) is 20.5. The normalized spacial score (nSPS) is 12.7. The van der Waals surface area contributed by atoms with Crippen LogP contribution in [0.5, 0.6) is 0 Å². The van der Waals surface area contributed by atoms with Crippen molar-refractivity contribution in [1.29, 1.82) is 0 Å². The van der Waals surface area contributed by atoms with E-state index in [0.717, 1.165) is 5.56 Å². The van der Waals surface area contributed by atoms with Crippen molar-refractivity contribution in [2.45, 2.75) is 17.6 Å². The number of aryl methyl sites for hydroxylation is 1. The van der Waals surface area contributed by atoms with Gasteiger partial charge in [0.2, 0.25) is 10.0 Å². The Kier molecular flexibility index (Phi) is 6.98. The van der Waals surface area contributed by atoms with Gasteiger partial charge in [-0.05, 0) is 24.6 Å². The lowest BCUT2D eigenvalue weighted by Gasteiger charge is -2.29. The maximum Gasteiger partial charge on any atom is 0.269 e. The highest BCUT2D eigenvalue weighted by Gasteiger charge is 2.41. The fourth-order valence-electron chi connectivity index (χ4n) is 3.84. The van der Waals surface area contributed by atoms with Crippen molar-refractivity contribution in [2.75, 3.05) is 0 Å². The Morgan fingerprint density at radius 1 is 0.800 bits per heavy atom. The number of hydrogen-bond acceptors (Lipinski definition) is 5. The Labute approximate surface area is 204 Å². The molecule has 0 amide bonds. The van der Waals surface area contributed by atoms with Crippen molar-refractivity contribution in [3.05, 3.63) is 130 Å². The van der Waals surface area contributed by atoms with Gasteiger partial charge in [0.15, 0.2) is 7.14 Å². The number of rotatable bonds is 8. The topological polar surface area (TPSA) is 106 Å². The van der Waals surface area contributed by atoms with Gasteiger partial charge in [0, 0.05) is 22.7 Å². The molecule has 1 unspecified atom stereocenters. The monoisotopic (exact) mass is 506 g/mol. The van der Waals surface area contributed by atoms with Gasteiger partial charge in [-0.3, -0.25) is 10.1 Å². The standard InChI is InChI=1S/C26H23N2O5PS/c1-20-15-17-25(18-16-20)35(32,33)27-26(21-9-8-10-22(19-21)28(29)30)34(31,23-11-4-2-5-12-23)24-13-6-3-7-14-24/h2-19,26-27H,1H3. The number of benzene rings is 4. The van der Waals surface area contributed by atoms with Gasteiger partial charge < -0.3 is 4.57 Å². The van der Waals surface area contributed by atoms with Crippen LogP contribution in [0.3, 0.4) is 0 Å². The molecule has 0 aliphatic heterocycles. The first-order chi connectivity index (χ1) is 16.7. The van der Waals surface area contributed by atoms with Crippen LogP contribution in [0.1, 0.15) is 16.9 Å². The van der Waals surface area contributed by atoms with Crippen molar-refractivity contribution < 1.29 is 17.9 Å². The van der Waals surface area contributed by atoms with E-state index in [0.29, 0.717) is 10.6 Å². The van der Waals surface area contributed by atoms with Crippen molar-refractivity contribution in [3.8, 4) is 0 Å². The smallest absolute Gasteiger partial charge is 0.269 e. The fraction of sp³-hybridized carbons (Fsp3) is 0.0769. The van der Waals surface area contributed by atoms with Crippen LogP contribution in [0.15, 0.2) is 114 Å². The molecule has 4 rings (SSSR count). The molecule has 0 radical (unpaired) electrons. The van der Waals surface area contributed by atoms with Gasteiger partial charge >= 0.3 is 0 Å². The minimum Gasteiger partial charge on any atom is -0.312 e. The predicted octanol–water partition coefficient (Wildman–Crippen LogP) is 4.89. The first kappa shape index (κ1) is 24.5. The summed E-state index contributed by atoms with van der Waals surface area (Å²) in [5, 5.41) is 12.4. The van der Waals surface area contributed by atoms with Crippen LogP contribution in [0.4, 0.5) is 5.69 Å². The Morgan fingerprint density at radius 2 is 1.34 bits per heavy atom. The van der Waals surface area contributed by atoms with E-state index in [1.54, 1.807) is 78.9 Å². The summed E-state index contributed by atoms with van der Waals surface area (Å²) >= 11 is 0. The second kappa shape index (κ2) is 9.96. The average molecular weight is 507 g/mol. The molecule has 0 spiro atoms. The Balaban J connectivity index is 1.97. The fourth-order valence-corrected chi connectivity index (χ4v) is 8.61. The zero-order valence-electron chi connectivity index (χ0n) is 18.8. The minimum absolute atomic E-state index is 0.00574. The van der Waals surface area contributed by atoms with Gasteiger partial charge in [0.05, 0.1) is 9.82 Å². The highest BCUT2D eigenvalue weighted by atomic mass is 32.2. The number of non-ortho nitro benzene ring substituents is 1. The Morgan fingerprint density at radius 3 is 1.86 bits per heavy atom. The molecule has 0 aliphatic carbocycles. The summed E-state index contributed by atoms with van der Waals surface area (Å²) in [4.78, 5) is 10.9. The quantitative estimate of drug-likeness (QED) is 0.208. The predicted molar refractivity (Wildman–Crippen MR) is 137 cm³/mol. The molecule has 9 heteroatoms. The van der Waals surface area contributed by atoms with Gasteiger partial charge in [-0.1, -0.05) is 90.5 Å². The van der Waals surface area contributed by atoms with E-state index < -0.39 is 27.9 Å². The summed E-state index contributed by atoms with van der Waals surface area (Å²) in [7, 11) is -7.89. The molecule has 0 aromatic heterocycles. The van der Waals surface area contributed by atoms with Crippen LogP contribution in [0.25, 0.3) is 0 Å². The molecule has 7 nitrogen and oxygen atoms in total. The van der Waals surface area contributed by atoms with Crippen molar-refractivity contribution in [1.82, 2.24) is 4.72 Å². The molecule has 1 atom stereocenters. The van der Waals surface area contributed by atoms with Crippen LogP contribution in [0.2, 0.25) is 0 Å². The lowest BCUT2D eigenvalue weighted by Crippen LogP contribution is -2.34. The number of hydrogen-bond donors (Lipinski definition) is 1. The van der Waals surface area contributed by atoms with Crippen LogP contribution < -0.4 is 15.3 Å². The molecule has 0 fully saturated rings. The minimum atomic E-state index is -4.15. The third-order valence-electron chi connectivity index (χ3n) is 5.64. The van der Waals surface area contributed by atoms with E-state index >= 15 is 4.57 Å². The summed E-state index contributed by atoms with van der Waals surface area (Å²) < 4.78 is 44.7. The van der Waals surface area contributed by atoms with Crippen molar-refractivity contribution in [2.24, 2.45) is 0 Å². The summed E-state index contributed by atoms with van der Waals surface area (Å²) in [5.74, 6) is -1.29. The average Bonchev–Trinajstić information content (AvgIpc) is 2.88. The second-order valence-corrected chi connectivity index (χ2v) is 12.6. The van der Waals surface area contributed by atoms with Gasteiger partial charge in [-0.15, -0.1) is 0 Å². The van der Waals surface area contributed by atoms with Gasteiger partial charge in [0.1, 0.15) is 5.78 Å². The Bertz CT molecular complexity index is 1450. The first-order valence-electron chi connectivity index (χ1n) is 10.8. The molecule has 0 bridgehead atoms. The number of nitrogens with one attached hydrogen (secondary N) is 1. The van der Waals surface area contributed by atoms with Crippen molar-refractivity contribution in [3.63, 3.8) is 0 Å². The molecular weight excluding hydrogens is 483 g/mol. The van der Waals surface area contributed by atoms with E-state index in [9.17, 15) is 18.5 Å². The number of nitro groups is 1. The van der Waals surface area contributed by atoms with E-state index in [4.69, 9.17) is 0 Å². The molecule has 178 valence electrons. The summed E-state index contributed by atoms with van der Waals surface area (Å²) in [5.41, 5.74) is 0.888. The summed E-state index contributed by atoms with van der Waals surface area (Å²) in [6.45, 7) is 1.84. The number of nitrogens with zero attached hydrogens (tertiary/aromatic N) is 1. The largest absolute Gasteiger partial charge is 0.312 e. The third kappa shape index (κ3) is 5.10. The highest BCUT2D eigenvalue weighted by Crippen LogP contribution is 2.56. The lowest BCUT2D eigenvalue weighted by atomic mass is 10.2. The molecule has 35 heavy (non-hydrogen) atoms. The molecule has 4 aromatic rings. The molecule has 0 aliphatic rings. The van der Waals surface area contributed by atoms with Crippen molar-refractivity contribution >= 4 is 33.5 Å². The van der Waals surface area contributed by atoms with Gasteiger partial charge in [-0.2, -0.15) is 4.72 Å². The third-order valence-corrected chi connectivity index (χ3v) is 10.5. The Hall–Kier alpha value is -3.58. The zero-order chi connectivity index (χ0) is 25.1. The van der Waals surface area contributed by atoms with Crippen LogP contribution in [0, 0.1) is 17.0 Å². The summed E-state index contributed by atoms with van der Waals surface area (Å²) in [6.07, 6.45) is 0. The van der Waals surface area contributed by atoms with Crippen LogP contribution >= 0.6 is 7.14 Å². The van der Waals surface area contributed by atoms with Crippen LogP contribution in [-0.4, -0.2) is 13.3 Å². The molecular formula is C26H23N2O5PS. The number of sulfonamides is 1. The van der Waals surface area contributed by atoms with Crippen LogP contribution in [-0.2, 0) is 14.6 Å². The summed E-state index contributed by atoms with van der Waals surface area (Å²) in [6, 6.07) is 29.0. The molecule has 0 saturated heterocycles. The maximum absolute atomic E-state index is 15.1. The van der Waals surface area contributed by atoms with Gasteiger partial charge in [0.25, 0.3) is 5.69 Å². The van der Waals surface area contributed by atoms with Gasteiger partial charge in [-0.25, -0.2) is 8.42 Å². The molecule has 4 aromatic carbocycles. The lowest BCUT2D eigenvalue weighted by molar-refractivity contribution is -0.384. The number of nitro benzene ring substituents is 1. The highest BCUT2D eigenvalue weighted by molar-refractivity contribution is 7.90. The van der Waals surface area contributed by atoms with E-state index in [1.165, 1.54) is 30.3 Å². The molecule has 1 N–H and O–H groups in total. The van der Waals surface area contributed by atoms with E-state index in [2.05, 4.69) is 4.72 Å².